The second kappa shape index (κ2) is 5.25. The molecule has 0 aliphatic heterocycles. The molecule has 7 nitrogen and oxygen atoms in total. The fraction of sp³-hybridized carbons (Fsp3) is 0.167. The average Bonchev–Trinajstić information content (AvgIpc) is 2.67. The maximum atomic E-state index is 12.1. The van der Waals surface area contributed by atoms with Gasteiger partial charge < -0.3 is 5.73 Å². The zero-order valence-electron chi connectivity index (χ0n) is 10.8. The van der Waals surface area contributed by atoms with Crippen LogP contribution < -0.4 is 11.1 Å². The van der Waals surface area contributed by atoms with Gasteiger partial charge in [-0.3, -0.25) is 20.2 Å². The lowest BCUT2D eigenvalue weighted by atomic mass is 10.1. The summed E-state index contributed by atoms with van der Waals surface area (Å²) in [4.78, 5) is 27.5. The number of rotatable bonds is 3. The fourth-order valence-electron chi connectivity index (χ4n) is 1.59. The van der Waals surface area contributed by atoms with Crippen LogP contribution in [0.25, 0.3) is 0 Å². The summed E-state index contributed by atoms with van der Waals surface area (Å²) < 4.78 is 0. The number of carbonyl (C=O) groups is 1. The lowest BCUT2D eigenvalue weighted by molar-refractivity contribution is -0.385. The normalized spacial score (nSPS) is 10.3. The zero-order chi connectivity index (χ0) is 14.9. The highest BCUT2D eigenvalue weighted by atomic mass is 32.1. The molecule has 104 valence electrons. The van der Waals surface area contributed by atoms with E-state index in [0.717, 1.165) is 10.6 Å². The number of aromatic nitrogens is 1. The standard InChI is InChI=1S/C12H12N4O3S/c1-6-7(2)20-12(14-6)15-11(17)9-5-8(13)3-4-10(9)16(18)19/h3-5H,13H2,1-2H3,(H,14,15,17). The van der Waals surface area contributed by atoms with Crippen molar-refractivity contribution in [3.63, 3.8) is 0 Å². The number of anilines is 2. The molecule has 8 heteroatoms. The van der Waals surface area contributed by atoms with E-state index in [1.807, 2.05) is 13.8 Å². The molecule has 0 fully saturated rings. The second-order valence-corrected chi connectivity index (χ2v) is 5.35. The highest BCUT2D eigenvalue weighted by Gasteiger charge is 2.21. The van der Waals surface area contributed by atoms with Gasteiger partial charge in [0.1, 0.15) is 5.56 Å². The van der Waals surface area contributed by atoms with Gasteiger partial charge in [-0.15, -0.1) is 11.3 Å². The molecule has 1 amide bonds. The quantitative estimate of drug-likeness (QED) is 0.513. The van der Waals surface area contributed by atoms with Gasteiger partial charge >= 0.3 is 0 Å². The first-order valence-electron chi connectivity index (χ1n) is 5.68. The van der Waals surface area contributed by atoms with Crippen LogP contribution in [0.15, 0.2) is 18.2 Å². The second-order valence-electron chi connectivity index (χ2n) is 4.15. The van der Waals surface area contributed by atoms with Gasteiger partial charge in [0.15, 0.2) is 5.13 Å². The molecule has 0 bridgehead atoms. The summed E-state index contributed by atoms with van der Waals surface area (Å²) in [5.74, 6) is -0.599. The SMILES string of the molecule is Cc1nc(NC(=O)c2cc(N)ccc2[N+](=O)[O-])sc1C. The van der Waals surface area contributed by atoms with Crippen LogP contribution in [0, 0.1) is 24.0 Å². The van der Waals surface area contributed by atoms with Crippen molar-refractivity contribution in [1.82, 2.24) is 4.98 Å². The Morgan fingerprint density at radius 1 is 1.45 bits per heavy atom. The van der Waals surface area contributed by atoms with E-state index in [1.165, 1.54) is 29.5 Å². The number of hydrogen-bond acceptors (Lipinski definition) is 6. The van der Waals surface area contributed by atoms with Gasteiger partial charge in [-0.25, -0.2) is 4.98 Å². The molecule has 0 spiro atoms. The van der Waals surface area contributed by atoms with E-state index in [4.69, 9.17) is 5.73 Å². The molecule has 0 aliphatic rings. The first-order chi connectivity index (χ1) is 9.38. The van der Waals surface area contributed by atoms with Crippen LogP contribution in [0.4, 0.5) is 16.5 Å². The third-order valence-corrected chi connectivity index (χ3v) is 3.70. The molecule has 1 aromatic carbocycles. The summed E-state index contributed by atoms with van der Waals surface area (Å²) in [5.41, 5.74) is 6.30. The molecule has 2 rings (SSSR count). The first-order valence-corrected chi connectivity index (χ1v) is 6.49. The number of benzene rings is 1. The van der Waals surface area contributed by atoms with Crippen molar-refractivity contribution >= 4 is 33.8 Å². The van der Waals surface area contributed by atoms with Crippen molar-refractivity contribution in [2.75, 3.05) is 11.1 Å². The summed E-state index contributed by atoms with van der Waals surface area (Å²) in [7, 11) is 0. The minimum absolute atomic E-state index is 0.0829. The molecule has 0 aliphatic carbocycles. The van der Waals surface area contributed by atoms with Crippen LogP contribution in [-0.4, -0.2) is 15.8 Å². The highest BCUT2D eigenvalue weighted by molar-refractivity contribution is 7.15. The van der Waals surface area contributed by atoms with Crippen molar-refractivity contribution < 1.29 is 9.72 Å². The Hall–Kier alpha value is -2.48. The van der Waals surface area contributed by atoms with E-state index in [2.05, 4.69) is 10.3 Å². The summed E-state index contributed by atoms with van der Waals surface area (Å²) in [6.45, 7) is 3.70. The van der Waals surface area contributed by atoms with Crippen LogP contribution in [0.2, 0.25) is 0 Å². The third kappa shape index (κ3) is 2.75. The summed E-state index contributed by atoms with van der Waals surface area (Å²) >= 11 is 1.31. The molecule has 2 aromatic rings. The fourth-order valence-corrected chi connectivity index (χ4v) is 2.40. The van der Waals surface area contributed by atoms with Crippen molar-refractivity contribution in [3.8, 4) is 0 Å². The number of nitrogen functional groups attached to an aromatic ring is 1. The van der Waals surface area contributed by atoms with E-state index < -0.39 is 10.8 Å². The zero-order valence-corrected chi connectivity index (χ0v) is 11.7. The molecule has 3 N–H and O–H groups in total. The number of thiazole rings is 1. The Morgan fingerprint density at radius 2 is 2.15 bits per heavy atom. The van der Waals surface area contributed by atoms with Gasteiger partial charge in [0, 0.05) is 16.6 Å². The molecule has 20 heavy (non-hydrogen) atoms. The number of nitro benzene ring substituents is 1. The lowest BCUT2D eigenvalue weighted by Crippen LogP contribution is -2.14. The van der Waals surface area contributed by atoms with Crippen LogP contribution in [0.5, 0.6) is 0 Å². The maximum absolute atomic E-state index is 12.1. The Kier molecular flexibility index (Phi) is 3.66. The predicted octanol–water partition coefficient (Wildman–Crippen LogP) is 2.50. The summed E-state index contributed by atoms with van der Waals surface area (Å²) in [5, 5.41) is 13.9. The van der Waals surface area contributed by atoms with Crippen molar-refractivity contribution in [3.05, 3.63) is 44.4 Å². The Balaban J connectivity index is 2.33. The van der Waals surface area contributed by atoms with Crippen molar-refractivity contribution in [1.29, 1.82) is 0 Å². The molecule has 1 heterocycles. The van der Waals surface area contributed by atoms with E-state index in [-0.39, 0.29) is 16.9 Å². The van der Waals surface area contributed by atoms with Gasteiger partial charge in [0.25, 0.3) is 11.6 Å². The minimum Gasteiger partial charge on any atom is -0.399 e. The smallest absolute Gasteiger partial charge is 0.282 e. The highest BCUT2D eigenvalue weighted by Crippen LogP contribution is 2.25. The third-order valence-electron chi connectivity index (χ3n) is 2.71. The van der Waals surface area contributed by atoms with Crippen LogP contribution in [-0.2, 0) is 0 Å². The molecule has 0 atom stereocenters. The molecule has 0 unspecified atom stereocenters. The van der Waals surface area contributed by atoms with Gasteiger partial charge in [-0.2, -0.15) is 0 Å². The number of nitrogens with one attached hydrogen (secondary N) is 1. The number of carbonyl (C=O) groups excluding carboxylic acids is 1. The number of aryl methyl sites for hydroxylation is 2. The van der Waals surface area contributed by atoms with Crippen LogP contribution in [0.3, 0.4) is 0 Å². The molecule has 0 radical (unpaired) electrons. The molecule has 0 saturated heterocycles. The largest absolute Gasteiger partial charge is 0.399 e. The molecular weight excluding hydrogens is 280 g/mol. The average molecular weight is 292 g/mol. The van der Waals surface area contributed by atoms with Crippen molar-refractivity contribution in [2.45, 2.75) is 13.8 Å². The Labute approximate surface area is 118 Å². The number of nitrogens with zero attached hydrogens (tertiary/aromatic N) is 2. The first kappa shape index (κ1) is 13.9. The number of hydrogen-bond donors (Lipinski definition) is 2. The van der Waals surface area contributed by atoms with E-state index in [1.54, 1.807) is 0 Å². The number of nitro groups is 1. The maximum Gasteiger partial charge on any atom is 0.282 e. The van der Waals surface area contributed by atoms with Gasteiger partial charge in [-0.1, -0.05) is 0 Å². The predicted molar refractivity (Wildman–Crippen MR) is 77.1 cm³/mol. The van der Waals surface area contributed by atoms with E-state index >= 15 is 0 Å². The molecule has 1 aromatic heterocycles. The molecule has 0 saturated carbocycles. The summed E-state index contributed by atoms with van der Waals surface area (Å²) in [6.07, 6.45) is 0. The minimum atomic E-state index is -0.618. The number of nitrogens with two attached hydrogens (primary N) is 1. The topological polar surface area (TPSA) is 111 Å². The van der Waals surface area contributed by atoms with E-state index in [0.29, 0.717) is 5.13 Å². The van der Waals surface area contributed by atoms with Crippen LogP contribution in [0.1, 0.15) is 20.9 Å². The molecular formula is C12H12N4O3S. The van der Waals surface area contributed by atoms with Gasteiger partial charge in [-0.05, 0) is 26.0 Å². The number of amides is 1. The Bertz CT molecular complexity index is 677. The summed E-state index contributed by atoms with van der Waals surface area (Å²) in [6, 6.07) is 3.87. The van der Waals surface area contributed by atoms with Gasteiger partial charge in [0.2, 0.25) is 0 Å². The van der Waals surface area contributed by atoms with Gasteiger partial charge in [0.05, 0.1) is 10.6 Å². The lowest BCUT2D eigenvalue weighted by Gasteiger charge is -2.04. The van der Waals surface area contributed by atoms with E-state index in [9.17, 15) is 14.9 Å². The Morgan fingerprint density at radius 3 is 2.70 bits per heavy atom. The monoisotopic (exact) mass is 292 g/mol. The van der Waals surface area contributed by atoms with Crippen molar-refractivity contribution in [2.24, 2.45) is 0 Å². The van der Waals surface area contributed by atoms with Crippen LogP contribution >= 0.6 is 11.3 Å².